The number of fused-ring (bicyclic) bond motifs is 4. The Labute approximate surface area is 309 Å². The summed E-state index contributed by atoms with van der Waals surface area (Å²) >= 11 is 13.6. The lowest BCUT2D eigenvalue weighted by atomic mass is 9.89. The van der Waals surface area contributed by atoms with Gasteiger partial charge in [0.05, 0.1) is 27.2 Å². The number of nitrogens with one attached hydrogen (secondary N) is 1. The Balaban J connectivity index is 1.17. The first-order valence-corrected chi connectivity index (χ1v) is 16.9. The maximum atomic E-state index is 13.8. The molecule has 0 atom stereocenters. The Bertz CT molecular complexity index is 2880. The summed E-state index contributed by atoms with van der Waals surface area (Å²) in [4.78, 5) is 38.6. The van der Waals surface area contributed by atoms with E-state index in [1.807, 2.05) is 24.3 Å². The molecule has 8 rings (SSSR count). The number of carbonyl (C=O) groups excluding carboxylic acids is 1. The third kappa shape index (κ3) is 5.89. The van der Waals surface area contributed by atoms with Crippen molar-refractivity contribution in [3.8, 4) is 50.7 Å². The number of nitrogen functional groups attached to an aromatic ring is 1. The molecule has 4 aliphatic rings. The summed E-state index contributed by atoms with van der Waals surface area (Å²) in [5.74, 6) is -1.18. The number of phenolic OH excluding ortho intramolecular Hbond substituents is 1. The molecule has 2 aliphatic carbocycles. The molecule has 10 nitrogen and oxygen atoms in total. The van der Waals surface area contributed by atoms with Crippen LogP contribution < -0.4 is 27.2 Å². The maximum absolute atomic E-state index is 13.8. The molecule has 0 aromatic heterocycles. The number of phenols is 1. The normalized spacial score (nSPS) is 11.4. The molecular formula is C41H26Cl2N3O7+. The topological polar surface area (TPSA) is 182 Å². The van der Waals surface area contributed by atoms with E-state index >= 15 is 0 Å². The summed E-state index contributed by atoms with van der Waals surface area (Å²) in [6.07, 6.45) is 0. The Morgan fingerprint density at radius 2 is 1.42 bits per heavy atom. The number of hydrogen-bond donors (Lipinski definition) is 5. The number of anilines is 1. The second kappa shape index (κ2) is 12.9. The lowest BCUT2D eigenvalue weighted by Gasteiger charge is -2.20. The minimum atomic E-state index is -1.34. The molecule has 7 N–H and O–H groups in total. The van der Waals surface area contributed by atoms with Gasteiger partial charge < -0.3 is 30.1 Å². The van der Waals surface area contributed by atoms with E-state index in [0.29, 0.717) is 50.2 Å². The van der Waals surface area contributed by atoms with Crippen LogP contribution in [0, 0.1) is 0 Å². The lowest BCUT2D eigenvalue weighted by molar-refractivity contribution is -0.172. The summed E-state index contributed by atoms with van der Waals surface area (Å²) < 4.78 is 12.1. The Morgan fingerprint density at radius 1 is 0.755 bits per heavy atom. The van der Waals surface area contributed by atoms with Gasteiger partial charge in [-0.15, -0.1) is 0 Å². The molecule has 53 heavy (non-hydrogen) atoms. The van der Waals surface area contributed by atoms with Gasteiger partial charge in [0.25, 0.3) is 5.91 Å². The van der Waals surface area contributed by atoms with Crippen molar-refractivity contribution < 1.29 is 34.0 Å². The third-order valence-electron chi connectivity index (χ3n) is 9.07. The Kier molecular flexibility index (Phi) is 8.13. The van der Waals surface area contributed by atoms with Crippen LogP contribution in [-0.2, 0) is 6.54 Å². The van der Waals surface area contributed by atoms with Crippen molar-refractivity contribution in [3.05, 3.63) is 145 Å². The molecule has 260 valence electrons. The van der Waals surface area contributed by atoms with Crippen molar-refractivity contribution in [3.63, 3.8) is 0 Å². The van der Waals surface area contributed by atoms with E-state index in [4.69, 9.17) is 43.2 Å². The predicted molar refractivity (Wildman–Crippen MR) is 202 cm³/mol. The van der Waals surface area contributed by atoms with Crippen LogP contribution in [-0.4, -0.2) is 22.1 Å². The molecule has 0 fully saturated rings. The van der Waals surface area contributed by atoms with Crippen LogP contribution in [0.1, 0.15) is 26.3 Å². The van der Waals surface area contributed by atoms with Crippen LogP contribution in [0.2, 0.25) is 10.0 Å². The van der Waals surface area contributed by atoms with Crippen LogP contribution >= 0.6 is 23.2 Å². The zero-order valence-electron chi connectivity index (χ0n) is 27.4. The second-order valence-corrected chi connectivity index (χ2v) is 13.2. The van der Waals surface area contributed by atoms with Gasteiger partial charge in [-0.1, -0.05) is 47.5 Å². The number of aromatic hydroxyl groups is 1. The molecule has 0 saturated carbocycles. The van der Waals surface area contributed by atoms with Gasteiger partial charge >= 0.3 is 5.97 Å². The number of carbonyl (C=O) groups is 2. The molecule has 12 heteroatoms. The smallest absolute Gasteiger partial charge is 0.337 e. The van der Waals surface area contributed by atoms with Crippen LogP contribution in [0.15, 0.2) is 117 Å². The maximum Gasteiger partial charge on any atom is 0.337 e. The lowest BCUT2D eigenvalue weighted by Crippen LogP contribution is -2.44. The van der Waals surface area contributed by atoms with E-state index in [-0.39, 0.29) is 44.5 Å². The van der Waals surface area contributed by atoms with Gasteiger partial charge in [0, 0.05) is 75.1 Å². The van der Waals surface area contributed by atoms with E-state index in [9.17, 15) is 24.6 Å². The first-order chi connectivity index (χ1) is 25.5. The van der Waals surface area contributed by atoms with Crippen molar-refractivity contribution in [1.82, 2.24) is 5.32 Å². The molecule has 1 amide bonds. The van der Waals surface area contributed by atoms with E-state index < -0.39 is 11.9 Å². The summed E-state index contributed by atoms with van der Waals surface area (Å²) in [7, 11) is 0. The highest BCUT2D eigenvalue weighted by molar-refractivity contribution is 6.41. The molecular weight excluding hydrogens is 717 g/mol. The van der Waals surface area contributed by atoms with Gasteiger partial charge in [-0.3, -0.25) is 15.0 Å². The molecule has 0 unspecified atom stereocenters. The highest BCUT2D eigenvalue weighted by Crippen LogP contribution is 2.47. The zero-order chi connectivity index (χ0) is 37.1. The second-order valence-electron chi connectivity index (χ2n) is 12.5. The number of amides is 1. The van der Waals surface area contributed by atoms with Crippen molar-refractivity contribution in [2.75, 3.05) is 5.73 Å². The van der Waals surface area contributed by atoms with Gasteiger partial charge in [-0.05, 0) is 59.7 Å². The highest BCUT2D eigenvalue weighted by atomic mass is 35.5. The van der Waals surface area contributed by atoms with Crippen molar-refractivity contribution in [2.45, 2.75) is 6.54 Å². The number of aromatic carboxylic acids is 1. The fourth-order valence-corrected chi connectivity index (χ4v) is 7.28. The molecule has 0 spiro atoms. The van der Waals surface area contributed by atoms with Gasteiger partial charge in [-0.25, -0.2) is 4.79 Å². The first kappa shape index (κ1) is 33.5. The molecule has 4 aromatic carbocycles. The van der Waals surface area contributed by atoms with Crippen LogP contribution in [0.4, 0.5) is 5.69 Å². The average molecular weight is 744 g/mol. The zero-order valence-corrected chi connectivity index (χ0v) is 28.9. The van der Waals surface area contributed by atoms with Gasteiger partial charge in [0.2, 0.25) is 0 Å². The first-order valence-electron chi connectivity index (χ1n) is 16.1. The van der Waals surface area contributed by atoms with Gasteiger partial charge in [0.15, 0.2) is 10.8 Å². The van der Waals surface area contributed by atoms with E-state index in [0.717, 1.165) is 27.6 Å². The summed E-state index contributed by atoms with van der Waals surface area (Å²) in [5, 5.41) is 30.7. The molecule has 0 radical (unpaired) electrons. The fourth-order valence-electron chi connectivity index (χ4n) is 6.66. The van der Waals surface area contributed by atoms with E-state index in [1.54, 1.807) is 54.6 Å². The number of halogens is 2. The third-order valence-corrected chi connectivity index (χ3v) is 9.76. The fraction of sp³-hybridized carbons (Fsp3) is 0.0244. The van der Waals surface area contributed by atoms with E-state index in [2.05, 4.69) is 5.32 Å². The molecule has 0 bridgehead atoms. The van der Waals surface area contributed by atoms with Crippen molar-refractivity contribution in [1.29, 1.82) is 0 Å². The van der Waals surface area contributed by atoms with E-state index in [1.165, 1.54) is 24.3 Å². The number of hydrogen-bond acceptors (Lipinski definition) is 7. The monoisotopic (exact) mass is 742 g/mol. The van der Waals surface area contributed by atoms with Crippen molar-refractivity contribution in [2.24, 2.45) is 0 Å². The summed E-state index contributed by atoms with van der Waals surface area (Å²) in [6, 6.07) is 27.9. The van der Waals surface area contributed by atoms with Crippen LogP contribution in [0.25, 0.3) is 66.8 Å². The number of carboxylic acid groups (broad SMARTS) is 1. The number of rotatable bonds is 6. The van der Waals surface area contributed by atoms with Gasteiger partial charge in [-0.2, -0.15) is 0 Å². The van der Waals surface area contributed by atoms with Crippen LogP contribution in [0.5, 0.6) is 5.75 Å². The number of nitrogens with two attached hydrogens (primary N) is 2. The van der Waals surface area contributed by atoms with Gasteiger partial charge in [0.1, 0.15) is 28.4 Å². The summed E-state index contributed by atoms with van der Waals surface area (Å²) in [6.45, 7) is 0.0940. The molecule has 0 saturated heterocycles. The quantitative estimate of drug-likeness (QED) is 0.0895. The Hall–Kier alpha value is -6.62. The predicted octanol–water partition coefficient (Wildman–Crippen LogP) is 6.97. The molecule has 4 aromatic rings. The number of carboxylic acids is 1. The molecule has 2 aliphatic heterocycles. The SMILES string of the molecule is Nc1ccc2c(-c3c(Cl)c(C(=O)NCc4ccc(-c5c6ccc(=O)cc-6oc6cc(O)ccc56)cc4)cc(Cl)c3C(=O)O)c3ccc(=[NH2+])cc-3oc2c1. The standard InChI is InChI=1S/C41H25Cl2N3O7/c42-30-17-29(39(43)38(37(30)41(50)51)36-27-9-5-21(44)13-31(27)52-32-14-22(45)6-10-28(32)36)40(49)46-18-19-1-3-20(4-2-19)35-25-11-7-23(47)15-33(25)53-34-16-24(48)8-12-26(34)35/h1-17,44,47H,18,45H2,(H,46,49)(H,50,51)/p+1. The minimum absolute atomic E-state index is 0.0263. The largest absolute Gasteiger partial charge is 0.508 e. The number of benzene rings is 6. The minimum Gasteiger partial charge on any atom is -0.508 e. The molecule has 2 heterocycles. The van der Waals surface area contributed by atoms with Crippen LogP contribution in [0.3, 0.4) is 0 Å². The highest BCUT2D eigenvalue weighted by Gasteiger charge is 2.29. The average Bonchev–Trinajstić information content (AvgIpc) is 3.12. The van der Waals surface area contributed by atoms with Crippen molar-refractivity contribution >= 4 is 62.7 Å². The Morgan fingerprint density at radius 3 is 2.17 bits per heavy atom. The summed E-state index contributed by atoms with van der Waals surface area (Å²) in [5.41, 5.74) is 10.7.